The van der Waals surface area contributed by atoms with Crippen LogP contribution in [0.25, 0.3) is 0 Å². The Morgan fingerprint density at radius 2 is 1.74 bits per heavy atom. The van der Waals surface area contributed by atoms with Gasteiger partial charge in [0.2, 0.25) is 5.96 Å². The molecule has 2 aliphatic heterocycles. The Kier molecular flexibility index (Phi) is 4.63. The van der Waals surface area contributed by atoms with Crippen LogP contribution < -0.4 is 10.6 Å². The quantitative estimate of drug-likeness (QED) is 0.689. The maximum atomic E-state index is 13.5. The lowest BCUT2D eigenvalue weighted by atomic mass is 10.1. The summed E-state index contributed by atoms with van der Waals surface area (Å²) in [6.45, 7) is 2.56. The van der Waals surface area contributed by atoms with Gasteiger partial charge in [0.15, 0.2) is 0 Å². The van der Waals surface area contributed by atoms with E-state index >= 15 is 0 Å². The fourth-order valence-electron chi connectivity index (χ4n) is 3.86. The standard InChI is InChI=1S/C23H19N5O2S/c1-14-18-21(30)27(12-15-8-4-2-5-9-15)23-26-25-17(16-10-6-3-7-11-16)13-28(23)22(18)31-19(14)20(24)29/h2-11H,12-13H2,1H3,(H2,24,29). The number of rotatable bonds is 4. The maximum Gasteiger partial charge on any atom is 0.264 e. The highest BCUT2D eigenvalue weighted by Gasteiger charge is 2.41. The van der Waals surface area contributed by atoms with Gasteiger partial charge in [-0.3, -0.25) is 19.4 Å². The molecule has 3 heterocycles. The predicted octanol–water partition coefficient (Wildman–Crippen LogP) is 3.39. The third-order valence-electron chi connectivity index (χ3n) is 5.40. The lowest BCUT2D eigenvalue weighted by molar-refractivity contribution is 0.0832. The third-order valence-corrected chi connectivity index (χ3v) is 6.73. The lowest BCUT2D eigenvalue weighted by Gasteiger charge is -2.38. The van der Waals surface area contributed by atoms with E-state index in [1.807, 2.05) is 65.6 Å². The maximum absolute atomic E-state index is 13.5. The summed E-state index contributed by atoms with van der Waals surface area (Å²) < 4.78 is 0. The zero-order valence-corrected chi connectivity index (χ0v) is 17.6. The highest BCUT2D eigenvalue weighted by molar-refractivity contribution is 7.19. The largest absolute Gasteiger partial charge is 0.365 e. The second-order valence-corrected chi connectivity index (χ2v) is 8.38. The van der Waals surface area contributed by atoms with E-state index in [4.69, 9.17) is 5.73 Å². The summed E-state index contributed by atoms with van der Waals surface area (Å²) in [4.78, 5) is 29.5. The molecule has 2 N–H and O–H groups in total. The van der Waals surface area contributed by atoms with Crippen LogP contribution in [-0.4, -0.2) is 34.9 Å². The molecule has 0 saturated carbocycles. The molecule has 31 heavy (non-hydrogen) atoms. The van der Waals surface area contributed by atoms with Gasteiger partial charge < -0.3 is 5.73 Å². The van der Waals surface area contributed by atoms with E-state index < -0.39 is 5.91 Å². The van der Waals surface area contributed by atoms with Crippen molar-refractivity contribution in [3.63, 3.8) is 0 Å². The van der Waals surface area contributed by atoms with E-state index in [2.05, 4.69) is 10.2 Å². The van der Waals surface area contributed by atoms with Crippen molar-refractivity contribution in [3.05, 3.63) is 87.8 Å². The second kappa shape index (κ2) is 7.48. The molecule has 2 amide bonds. The van der Waals surface area contributed by atoms with Crippen molar-refractivity contribution in [2.75, 3.05) is 11.4 Å². The van der Waals surface area contributed by atoms with Crippen LogP contribution in [0.1, 0.15) is 36.7 Å². The average molecular weight is 430 g/mol. The van der Waals surface area contributed by atoms with E-state index in [1.54, 1.807) is 11.8 Å². The minimum atomic E-state index is -0.535. The molecule has 7 nitrogen and oxygen atoms in total. The van der Waals surface area contributed by atoms with Crippen molar-refractivity contribution in [2.24, 2.45) is 15.9 Å². The van der Waals surface area contributed by atoms with Crippen molar-refractivity contribution in [2.45, 2.75) is 13.5 Å². The fraction of sp³-hybridized carbons (Fsp3) is 0.130. The molecule has 0 unspecified atom stereocenters. The summed E-state index contributed by atoms with van der Waals surface area (Å²) in [5, 5.41) is 9.56. The van der Waals surface area contributed by atoms with Gasteiger partial charge in [-0.25, -0.2) is 0 Å². The minimum Gasteiger partial charge on any atom is -0.365 e. The lowest BCUT2D eigenvalue weighted by Crippen LogP contribution is -2.54. The minimum absolute atomic E-state index is 0.200. The smallest absolute Gasteiger partial charge is 0.264 e. The van der Waals surface area contributed by atoms with Crippen molar-refractivity contribution in [3.8, 4) is 0 Å². The van der Waals surface area contributed by atoms with Crippen LogP contribution in [0.4, 0.5) is 5.00 Å². The fourth-order valence-corrected chi connectivity index (χ4v) is 5.01. The van der Waals surface area contributed by atoms with Crippen molar-refractivity contribution in [1.82, 2.24) is 4.90 Å². The predicted molar refractivity (Wildman–Crippen MR) is 122 cm³/mol. The number of fused-ring (bicyclic) bond motifs is 3. The van der Waals surface area contributed by atoms with Gasteiger partial charge in [-0.05, 0) is 23.6 Å². The zero-order valence-electron chi connectivity index (χ0n) is 16.8. The summed E-state index contributed by atoms with van der Waals surface area (Å²) in [6, 6.07) is 19.5. The van der Waals surface area contributed by atoms with E-state index in [9.17, 15) is 9.59 Å². The number of nitrogens with two attached hydrogens (primary N) is 1. The van der Waals surface area contributed by atoms with E-state index in [0.717, 1.165) is 16.8 Å². The molecule has 154 valence electrons. The molecule has 3 aromatic rings. The van der Waals surface area contributed by atoms with E-state index in [-0.39, 0.29) is 5.91 Å². The molecule has 0 radical (unpaired) electrons. The van der Waals surface area contributed by atoms with Crippen molar-refractivity contribution < 1.29 is 9.59 Å². The molecular weight excluding hydrogens is 410 g/mol. The Morgan fingerprint density at radius 1 is 1.06 bits per heavy atom. The number of carbonyl (C=O) groups excluding carboxylic acids is 2. The first kappa shape index (κ1) is 19.2. The van der Waals surface area contributed by atoms with E-state index in [0.29, 0.717) is 40.1 Å². The summed E-state index contributed by atoms with van der Waals surface area (Å²) in [6.07, 6.45) is 0. The van der Waals surface area contributed by atoms with Gasteiger partial charge >= 0.3 is 0 Å². The zero-order chi connectivity index (χ0) is 21.5. The van der Waals surface area contributed by atoms with Gasteiger partial charge in [-0.15, -0.1) is 21.5 Å². The van der Waals surface area contributed by atoms with Crippen molar-refractivity contribution in [1.29, 1.82) is 0 Å². The number of thiophene rings is 1. The number of guanidine groups is 1. The molecule has 2 aliphatic rings. The number of hydrogen-bond acceptors (Lipinski definition) is 6. The third kappa shape index (κ3) is 3.21. The number of amides is 2. The second-order valence-electron chi connectivity index (χ2n) is 7.38. The van der Waals surface area contributed by atoms with Crippen molar-refractivity contribution >= 4 is 39.8 Å². The molecule has 8 heteroatoms. The molecule has 0 bridgehead atoms. The van der Waals surface area contributed by atoms with E-state index in [1.165, 1.54) is 11.3 Å². The monoisotopic (exact) mass is 429 g/mol. The van der Waals surface area contributed by atoms with Crippen LogP contribution >= 0.6 is 11.3 Å². The summed E-state index contributed by atoms with van der Waals surface area (Å²) >= 11 is 1.23. The highest BCUT2D eigenvalue weighted by atomic mass is 32.1. The van der Waals surface area contributed by atoms with Crippen LogP contribution in [0.5, 0.6) is 0 Å². The number of hydrogen-bond donors (Lipinski definition) is 1. The summed E-state index contributed by atoms with van der Waals surface area (Å²) in [5.74, 6) is -0.279. The molecule has 0 aliphatic carbocycles. The molecule has 5 rings (SSSR count). The van der Waals surface area contributed by atoms with Crippen LogP contribution in [0.3, 0.4) is 0 Å². The average Bonchev–Trinajstić information content (AvgIpc) is 3.15. The topological polar surface area (TPSA) is 91.4 Å². The summed E-state index contributed by atoms with van der Waals surface area (Å²) in [7, 11) is 0. The number of benzene rings is 2. The molecule has 0 saturated heterocycles. The number of nitrogens with zero attached hydrogens (tertiary/aromatic N) is 4. The molecule has 0 fully saturated rings. The highest BCUT2D eigenvalue weighted by Crippen LogP contribution is 2.41. The van der Waals surface area contributed by atoms with Gasteiger partial charge in [0, 0.05) is 0 Å². The van der Waals surface area contributed by atoms with Gasteiger partial charge in [-0.2, -0.15) is 0 Å². The normalized spacial score (nSPS) is 15.2. The first-order valence-corrected chi connectivity index (χ1v) is 10.6. The van der Waals surface area contributed by atoms with Gasteiger partial charge in [0.25, 0.3) is 11.8 Å². The Labute approximate surface area is 183 Å². The molecule has 2 aromatic carbocycles. The summed E-state index contributed by atoms with van der Waals surface area (Å²) in [5.41, 5.74) is 9.43. The van der Waals surface area contributed by atoms with Crippen LogP contribution in [0, 0.1) is 6.92 Å². The number of primary amides is 1. The Balaban J connectivity index is 1.65. The molecular formula is C23H19N5O2S. The molecule has 0 spiro atoms. The molecule has 0 atom stereocenters. The Bertz CT molecular complexity index is 1250. The number of anilines is 1. The Hall–Kier alpha value is -3.78. The Morgan fingerprint density at radius 3 is 2.42 bits per heavy atom. The van der Waals surface area contributed by atoms with Gasteiger partial charge in [-0.1, -0.05) is 60.7 Å². The van der Waals surface area contributed by atoms with Gasteiger partial charge in [0.1, 0.15) is 5.00 Å². The van der Waals surface area contributed by atoms with Gasteiger partial charge in [0.05, 0.1) is 29.2 Å². The van der Waals surface area contributed by atoms with Crippen LogP contribution in [0.2, 0.25) is 0 Å². The first-order chi connectivity index (χ1) is 15.0. The SMILES string of the molecule is Cc1c(C(N)=O)sc2c1C(=O)N(Cc1ccccc1)C1=NN=C(c3ccccc3)CN12. The van der Waals surface area contributed by atoms with Crippen LogP contribution in [-0.2, 0) is 6.54 Å². The number of carbonyl (C=O) groups is 2. The first-order valence-electron chi connectivity index (χ1n) is 9.81. The van der Waals surface area contributed by atoms with Crippen LogP contribution in [0.15, 0.2) is 70.9 Å². The molecule has 1 aromatic heterocycles.